The molecule has 4 N–H and O–H groups in total. The highest BCUT2D eigenvalue weighted by molar-refractivity contribution is 4.21. The first-order valence-electron chi connectivity index (χ1n) is 4.87. The maximum atomic E-state index is 8.06. The minimum atomic E-state index is -0.167. The van der Waals surface area contributed by atoms with E-state index in [1.807, 2.05) is 0 Å². The summed E-state index contributed by atoms with van der Waals surface area (Å²) in [6.07, 6.45) is -0.333. The van der Waals surface area contributed by atoms with Crippen LogP contribution in [0.1, 0.15) is 41.5 Å². The molecule has 0 spiro atoms. The van der Waals surface area contributed by atoms with E-state index in [0.29, 0.717) is 0 Å². The highest BCUT2D eigenvalue weighted by Gasteiger charge is 1.69. The maximum absolute atomic E-state index is 8.06. The summed E-state index contributed by atoms with van der Waals surface area (Å²) in [6, 6.07) is 0. The Morgan fingerprint density at radius 3 is 0.714 bits per heavy atom. The molecular weight excluding hydrogens is 184 g/mol. The zero-order valence-electron chi connectivity index (χ0n) is 10.4. The molecule has 0 aromatic rings. The van der Waals surface area contributed by atoms with E-state index in [4.69, 9.17) is 20.4 Å². The van der Waals surface area contributed by atoms with Gasteiger partial charge in [0.15, 0.2) is 0 Å². The van der Waals surface area contributed by atoms with Crippen LogP contribution in [0.3, 0.4) is 0 Å². The molecule has 0 heterocycles. The summed E-state index contributed by atoms with van der Waals surface area (Å²) in [5, 5.41) is 31.2. The summed E-state index contributed by atoms with van der Waals surface area (Å²) in [5.74, 6) is 0. The quantitative estimate of drug-likeness (QED) is 0.478. The first kappa shape index (κ1) is 23.6. The van der Waals surface area contributed by atoms with Crippen molar-refractivity contribution in [3.63, 3.8) is 0 Å². The smallest absolute Gasteiger partial charge is 0.0483 e. The summed E-state index contributed by atoms with van der Waals surface area (Å²) >= 11 is 0. The minimum absolute atomic E-state index is 0.167. The predicted molar refractivity (Wildman–Crippen MR) is 60.2 cm³/mol. The Hall–Kier alpha value is -0.160. The van der Waals surface area contributed by atoms with Gasteiger partial charge < -0.3 is 20.4 Å². The Bertz CT molecular complexity index is 42.6. The van der Waals surface area contributed by atoms with Crippen LogP contribution in [-0.2, 0) is 0 Å². The second-order valence-electron chi connectivity index (χ2n) is 2.82. The first-order chi connectivity index (χ1) is 6.29. The fourth-order valence-corrected chi connectivity index (χ4v) is 0. The van der Waals surface area contributed by atoms with Gasteiger partial charge in [-0.15, -0.1) is 0 Å². The summed E-state index contributed by atoms with van der Waals surface area (Å²) < 4.78 is 0. The van der Waals surface area contributed by atoms with Crippen LogP contribution < -0.4 is 0 Å². The first-order valence-corrected chi connectivity index (χ1v) is 4.87. The molecule has 0 aliphatic rings. The van der Waals surface area contributed by atoms with E-state index in [9.17, 15) is 0 Å². The second kappa shape index (κ2) is 29.3. The molecule has 0 aliphatic carbocycles. The zero-order chi connectivity index (χ0) is 12.6. The van der Waals surface area contributed by atoms with Crippen molar-refractivity contribution in [2.24, 2.45) is 0 Å². The third-order valence-electron chi connectivity index (χ3n) is 0. The minimum Gasteiger partial charge on any atom is -0.397 e. The highest BCUT2D eigenvalue weighted by Crippen LogP contribution is 1.65. The normalized spacial score (nSPS) is 7.71. The lowest BCUT2D eigenvalue weighted by Crippen LogP contribution is -1.85. The highest BCUT2D eigenvalue weighted by atomic mass is 16.3. The monoisotopic (exact) mass is 212 g/mol. The molecule has 0 radical (unpaired) electrons. The topological polar surface area (TPSA) is 80.9 Å². The van der Waals surface area contributed by atoms with Crippen LogP contribution in [0.25, 0.3) is 0 Å². The summed E-state index contributed by atoms with van der Waals surface area (Å²) in [5.41, 5.74) is 0. The number of hydrogen-bond acceptors (Lipinski definition) is 4. The molecule has 0 aromatic heterocycles. The molecule has 4 heteroatoms. The largest absolute Gasteiger partial charge is 0.397 e. The van der Waals surface area contributed by atoms with Gasteiger partial charge in [-0.2, -0.15) is 0 Å². The van der Waals surface area contributed by atoms with Crippen molar-refractivity contribution >= 4 is 0 Å². The Morgan fingerprint density at radius 2 is 0.714 bits per heavy atom. The van der Waals surface area contributed by atoms with Crippen LogP contribution in [0.5, 0.6) is 0 Å². The molecule has 0 atom stereocenters. The molecule has 0 saturated heterocycles. The standard InChI is InChI=1S/2C3H8O.2C2H6O/c2*1-3(2)4;2*1-2-3/h2*3-4H,1-2H3;2*3H,2H2,1H3. The molecule has 0 aromatic carbocycles. The van der Waals surface area contributed by atoms with E-state index in [1.165, 1.54) is 0 Å². The molecule has 0 fully saturated rings. The van der Waals surface area contributed by atoms with Crippen LogP contribution >= 0.6 is 0 Å². The van der Waals surface area contributed by atoms with Gasteiger partial charge in [0, 0.05) is 25.4 Å². The average molecular weight is 212 g/mol. The molecule has 4 nitrogen and oxygen atoms in total. The average Bonchev–Trinajstić information content (AvgIpc) is 1.85. The van der Waals surface area contributed by atoms with E-state index in [1.54, 1.807) is 41.5 Å². The molecular formula is C10H28O4. The summed E-state index contributed by atoms with van der Waals surface area (Å²) in [6.45, 7) is 10.8. The molecule has 92 valence electrons. The van der Waals surface area contributed by atoms with E-state index < -0.39 is 0 Å². The fraction of sp³-hybridized carbons (Fsp3) is 1.00. The van der Waals surface area contributed by atoms with Crippen molar-refractivity contribution in [3.05, 3.63) is 0 Å². The number of rotatable bonds is 0. The Morgan fingerprint density at radius 1 is 0.714 bits per heavy atom. The van der Waals surface area contributed by atoms with Crippen LogP contribution in [-0.4, -0.2) is 45.8 Å². The molecule has 0 bridgehead atoms. The SMILES string of the molecule is CC(C)O.CC(C)O.CCO.CCO. The molecule has 0 rings (SSSR count). The van der Waals surface area contributed by atoms with E-state index in [-0.39, 0.29) is 25.4 Å². The van der Waals surface area contributed by atoms with Crippen molar-refractivity contribution in [3.8, 4) is 0 Å². The second-order valence-corrected chi connectivity index (χ2v) is 2.82. The number of aliphatic hydroxyl groups is 4. The molecule has 0 saturated carbocycles. The van der Waals surface area contributed by atoms with Gasteiger partial charge in [0.25, 0.3) is 0 Å². The van der Waals surface area contributed by atoms with Crippen molar-refractivity contribution in [1.82, 2.24) is 0 Å². The zero-order valence-corrected chi connectivity index (χ0v) is 10.4. The lowest BCUT2D eigenvalue weighted by molar-refractivity contribution is 0.215. The molecule has 14 heavy (non-hydrogen) atoms. The third-order valence-corrected chi connectivity index (χ3v) is 0. The molecule has 0 unspecified atom stereocenters. The summed E-state index contributed by atoms with van der Waals surface area (Å²) in [7, 11) is 0. The lowest BCUT2D eigenvalue weighted by Gasteiger charge is -1.80. The van der Waals surface area contributed by atoms with Gasteiger partial charge in [0.2, 0.25) is 0 Å². The van der Waals surface area contributed by atoms with Gasteiger partial charge in [-0.25, -0.2) is 0 Å². The molecule has 0 aliphatic heterocycles. The van der Waals surface area contributed by atoms with Gasteiger partial charge in [-0.05, 0) is 41.5 Å². The number of hydrogen-bond donors (Lipinski definition) is 4. The lowest BCUT2D eigenvalue weighted by atomic mass is 10.5. The van der Waals surface area contributed by atoms with E-state index in [2.05, 4.69) is 0 Å². The summed E-state index contributed by atoms with van der Waals surface area (Å²) in [4.78, 5) is 0. The predicted octanol–water partition coefficient (Wildman–Crippen LogP) is 0.771. The number of aliphatic hydroxyl groups excluding tert-OH is 4. The van der Waals surface area contributed by atoms with Crippen molar-refractivity contribution in [1.29, 1.82) is 0 Å². The van der Waals surface area contributed by atoms with Gasteiger partial charge >= 0.3 is 0 Å². The molecule has 0 amide bonds. The Kier molecular flexibility index (Phi) is 49.3. The van der Waals surface area contributed by atoms with E-state index in [0.717, 1.165) is 0 Å². The van der Waals surface area contributed by atoms with Gasteiger partial charge in [0.1, 0.15) is 0 Å². The fourth-order valence-electron chi connectivity index (χ4n) is 0. The van der Waals surface area contributed by atoms with Crippen LogP contribution in [0.2, 0.25) is 0 Å². The third kappa shape index (κ3) is 54300. The Balaban J connectivity index is -0.0000000482. The van der Waals surface area contributed by atoms with Crippen LogP contribution in [0, 0.1) is 0 Å². The van der Waals surface area contributed by atoms with Crippen LogP contribution in [0.4, 0.5) is 0 Å². The van der Waals surface area contributed by atoms with Crippen molar-refractivity contribution in [2.75, 3.05) is 13.2 Å². The van der Waals surface area contributed by atoms with Gasteiger partial charge in [0.05, 0.1) is 0 Å². The van der Waals surface area contributed by atoms with Crippen LogP contribution in [0.15, 0.2) is 0 Å². The maximum Gasteiger partial charge on any atom is 0.0483 e. The Labute approximate surface area is 88.2 Å². The van der Waals surface area contributed by atoms with Crippen molar-refractivity contribution < 1.29 is 20.4 Å². The van der Waals surface area contributed by atoms with Gasteiger partial charge in [-0.3, -0.25) is 0 Å². The van der Waals surface area contributed by atoms with Gasteiger partial charge in [-0.1, -0.05) is 0 Å². The van der Waals surface area contributed by atoms with Crippen molar-refractivity contribution in [2.45, 2.75) is 53.8 Å². The van der Waals surface area contributed by atoms with E-state index >= 15 is 0 Å².